The number of rotatable bonds is 2. The highest BCUT2D eigenvalue weighted by atomic mass is 79.9. The minimum Gasteiger partial charge on any atom is -0.396 e. The van der Waals surface area contributed by atoms with E-state index in [1.54, 1.807) is 0 Å². The number of hydrogen-bond donors (Lipinski definition) is 1. The lowest BCUT2D eigenvalue weighted by Gasteiger charge is -2.09. The highest BCUT2D eigenvalue weighted by molar-refractivity contribution is 9.10. The summed E-state index contributed by atoms with van der Waals surface area (Å²) in [6.07, 6.45) is 3.28. The van der Waals surface area contributed by atoms with E-state index in [0.717, 1.165) is 10.9 Å². The number of hydrogen-bond acceptors (Lipinski definition) is 1. The summed E-state index contributed by atoms with van der Waals surface area (Å²) in [6, 6.07) is 6.49. The molecule has 1 N–H and O–H groups in total. The molecule has 13 heavy (non-hydrogen) atoms. The molecule has 70 valence electrons. The summed E-state index contributed by atoms with van der Waals surface area (Å²) in [7, 11) is 0. The number of aliphatic hydroxyl groups is 1. The van der Waals surface area contributed by atoms with Crippen LogP contribution in [0.5, 0.6) is 0 Å². The Hall–Kier alpha value is -0.340. The first-order valence-electron chi connectivity index (χ1n) is 4.70. The maximum Gasteiger partial charge on any atom is 0.0436 e. The second-order valence-corrected chi connectivity index (χ2v) is 4.51. The maximum atomic E-state index is 8.91. The van der Waals surface area contributed by atoms with Crippen molar-refractivity contribution in [2.75, 3.05) is 6.61 Å². The van der Waals surface area contributed by atoms with Crippen molar-refractivity contribution in [1.29, 1.82) is 0 Å². The number of fused-ring (bicyclic) bond motifs is 1. The van der Waals surface area contributed by atoms with Crippen LogP contribution in [-0.4, -0.2) is 11.7 Å². The van der Waals surface area contributed by atoms with Gasteiger partial charge in [0.05, 0.1) is 0 Å². The number of halogens is 1. The number of aliphatic hydroxyl groups excluding tert-OH is 1. The first kappa shape index (κ1) is 9.22. The Morgan fingerprint density at radius 2 is 2.31 bits per heavy atom. The molecule has 1 atom stereocenters. The molecule has 1 aromatic carbocycles. The third kappa shape index (κ3) is 1.79. The molecule has 0 fully saturated rings. The normalized spacial score (nSPS) is 20.3. The van der Waals surface area contributed by atoms with Crippen molar-refractivity contribution < 1.29 is 5.11 Å². The van der Waals surface area contributed by atoms with Crippen LogP contribution in [0.15, 0.2) is 22.7 Å². The van der Waals surface area contributed by atoms with Gasteiger partial charge < -0.3 is 5.11 Å². The predicted molar refractivity (Wildman–Crippen MR) is 56.9 cm³/mol. The Balaban J connectivity index is 2.29. The molecular weight excluding hydrogens is 228 g/mol. The highest BCUT2D eigenvalue weighted by Crippen LogP contribution is 2.36. The van der Waals surface area contributed by atoms with Crippen molar-refractivity contribution >= 4 is 15.9 Å². The van der Waals surface area contributed by atoms with Crippen LogP contribution >= 0.6 is 15.9 Å². The largest absolute Gasteiger partial charge is 0.396 e. The summed E-state index contributed by atoms with van der Waals surface area (Å²) in [6.45, 7) is 0.302. The van der Waals surface area contributed by atoms with Crippen molar-refractivity contribution in [2.24, 2.45) is 0 Å². The molecule has 1 aromatic rings. The first-order chi connectivity index (χ1) is 6.31. The van der Waals surface area contributed by atoms with E-state index in [1.807, 2.05) is 0 Å². The standard InChI is InChI=1S/C11H13BrO/c12-10-4-3-8-1-2-9(5-6-13)11(8)7-10/h3-4,7,9,13H,1-2,5-6H2. The zero-order chi connectivity index (χ0) is 9.26. The average molecular weight is 241 g/mol. The molecule has 0 saturated heterocycles. The number of benzene rings is 1. The summed E-state index contributed by atoms with van der Waals surface area (Å²) < 4.78 is 1.15. The molecule has 1 aliphatic rings. The summed E-state index contributed by atoms with van der Waals surface area (Å²) in [4.78, 5) is 0. The van der Waals surface area contributed by atoms with Crippen LogP contribution in [0.4, 0.5) is 0 Å². The van der Waals surface area contributed by atoms with E-state index in [1.165, 1.54) is 24.0 Å². The van der Waals surface area contributed by atoms with Gasteiger partial charge in [-0.15, -0.1) is 0 Å². The van der Waals surface area contributed by atoms with Gasteiger partial charge in [0, 0.05) is 11.1 Å². The van der Waals surface area contributed by atoms with E-state index in [2.05, 4.69) is 34.1 Å². The average Bonchev–Trinajstić information content (AvgIpc) is 2.49. The van der Waals surface area contributed by atoms with Gasteiger partial charge in [0.15, 0.2) is 0 Å². The molecule has 0 spiro atoms. The fraction of sp³-hybridized carbons (Fsp3) is 0.455. The molecule has 0 aliphatic heterocycles. The van der Waals surface area contributed by atoms with Crippen molar-refractivity contribution in [3.8, 4) is 0 Å². The molecule has 1 aliphatic carbocycles. The highest BCUT2D eigenvalue weighted by Gasteiger charge is 2.21. The van der Waals surface area contributed by atoms with E-state index in [-0.39, 0.29) is 0 Å². The lowest BCUT2D eigenvalue weighted by atomic mass is 9.98. The fourth-order valence-corrected chi connectivity index (χ4v) is 2.49. The molecule has 0 radical (unpaired) electrons. The predicted octanol–water partition coefficient (Wildman–Crippen LogP) is 2.86. The molecule has 1 unspecified atom stereocenters. The molecule has 0 amide bonds. The van der Waals surface area contributed by atoms with E-state index in [9.17, 15) is 0 Å². The third-order valence-corrected chi connectivity index (χ3v) is 3.28. The van der Waals surface area contributed by atoms with Gasteiger partial charge in [-0.05, 0) is 48.4 Å². The zero-order valence-corrected chi connectivity index (χ0v) is 9.05. The van der Waals surface area contributed by atoms with Gasteiger partial charge in [-0.25, -0.2) is 0 Å². The summed E-state index contributed by atoms with van der Waals surface area (Å²) >= 11 is 3.48. The molecular formula is C11H13BrO. The Bertz CT molecular complexity index is 307. The van der Waals surface area contributed by atoms with Gasteiger partial charge in [-0.1, -0.05) is 22.0 Å². The van der Waals surface area contributed by atoms with Crippen molar-refractivity contribution in [3.05, 3.63) is 33.8 Å². The summed E-state index contributed by atoms with van der Waals surface area (Å²) in [5.74, 6) is 0.581. The van der Waals surface area contributed by atoms with Crippen LogP contribution in [0, 0.1) is 0 Å². The Labute approximate surface area is 86.9 Å². The van der Waals surface area contributed by atoms with E-state index in [0.29, 0.717) is 12.5 Å². The molecule has 0 saturated carbocycles. The zero-order valence-electron chi connectivity index (χ0n) is 7.46. The van der Waals surface area contributed by atoms with Crippen LogP contribution in [0.1, 0.15) is 29.9 Å². The Morgan fingerprint density at radius 1 is 1.46 bits per heavy atom. The van der Waals surface area contributed by atoms with Crippen molar-refractivity contribution in [3.63, 3.8) is 0 Å². The van der Waals surface area contributed by atoms with Gasteiger partial charge in [0.2, 0.25) is 0 Å². The van der Waals surface area contributed by atoms with Gasteiger partial charge in [0.1, 0.15) is 0 Å². The third-order valence-electron chi connectivity index (χ3n) is 2.79. The Kier molecular flexibility index (Phi) is 2.70. The lowest BCUT2D eigenvalue weighted by molar-refractivity contribution is 0.275. The van der Waals surface area contributed by atoms with Gasteiger partial charge >= 0.3 is 0 Å². The maximum absolute atomic E-state index is 8.91. The topological polar surface area (TPSA) is 20.2 Å². The summed E-state index contributed by atoms with van der Waals surface area (Å²) in [5, 5.41) is 8.91. The van der Waals surface area contributed by atoms with Crippen LogP contribution in [0.25, 0.3) is 0 Å². The Morgan fingerprint density at radius 3 is 3.08 bits per heavy atom. The molecule has 2 rings (SSSR count). The van der Waals surface area contributed by atoms with Crippen LogP contribution < -0.4 is 0 Å². The van der Waals surface area contributed by atoms with Crippen LogP contribution in [0.3, 0.4) is 0 Å². The SMILES string of the molecule is OCCC1CCc2ccc(Br)cc21. The first-order valence-corrected chi connectivity index (χ1v) is 5.49. The summed E-state index contributed by atoms with van der Waals surface area (Å²) in [5.41, 5.74) is 2.89. The molecule has 0 bridgehead atoms. The second kappa shape index (κ2) is 3.81. The molecule has 1 nitrogen and oxygen atoms in total. The number of aryl methyl sites for hydroxylation is 1. The molecule has 0 aromatic heterocycles. The fourth-order valence-electron chi connectivity index (χ4n) is 2.11. The lowest BCUT2D eigenvalue weighted by Crippen LogP contribution is -1.96. The quantitative estimate of drug-likeness (QED) is 0.844. The minimum atomic E-state index is 0.302. The van der Waals surface area contributed by atoms with Crippen molar-refractivity contribution in [2.45, 2.75) is 25.2 Å². The van der Waals surface area contributed by atoms with Crippen molar-refractivity contribution in [1.82, 2.24) is 0 Å². The second-order valence-electron chi connectivity index (χ2n) is 3.59. The van der Waals surface area contributed by atoms with E-state index >= 15 is 0 Å². The van der Waals surface area contributed by atoms with Gasteiger partial charge in [0.25, 0.3) is 0 Å². The van der Waals surface area contributed by atoms with Gasteiger partial charge in [-0.2, -0.15) is 0 Å². The monoisotopic (exact) mass is 240 g/mol. The molecule has 0 heterocycles. The van der Waals surface area contributed by atoms with E-state index in [4.69, 9.17) is 5.11 Å². The van der Waals surface area contributed by atoms with Crippen LogP contribution in [0.2, 0.25) is 0 Å². The minimum absolute atomic E-state index is 0.302. The smallest absolute Gasteiger partial charge is 0.0436 e. The van der Waals surface area contributed by atoms with Gasteiger partial charge in [-0.3, -0.25) is 0 Å². The van der Waals surface area contributed by atoms with Crippen LogP contribution in [-0.2, 0) is 6.42 Å². The van der Waals surface area contributed by atoms with E-state index < -0.39 is 0 Å². The molecule has 2 heteroatoms.